The van der Waals surface area contributed by atoms with Crippen LogP contribution < -0.4 is 15.8 Å². The minimum Gasteiger partial charge on any atom is -0.438 e. The molecule has 3 aromatic rings. The molecular weight excluding hydrogens is 354 g/mol. The summed E-state index contributed by atoms with van der Waals surface area (Å²) in [6.07, 6.45) is 8.26. The van der Waals surface area contributed by atoms with E-state index in [2.05, 4.69) is 28.4 Å². The molecule has 7 heteroatoms. The van der Waals surface area contributed by atoms with Gasteiger partial charge in [0.15, 0.2) is 0 Å². The Morgan fingerprint density at radius 1 is 1.32 bits per heavy atom. The highest BCUT2D eigenvalue weighted by molar-refractivity contribution is 5.88. The molecule has 0 saturated heterocycles. The molecule has 0 unspecified atom stereocenters. The van der Waals surface area contributed by atoms with E-state index in [-0.39, 0.29) is 12.5 Å². The van der Waals surface area contributed by atoms with Gasteiger partial charge < -0.3 is 20.4 Å². The average molecular weight is 375 g/mol. The summed E-state index contributed by atoms with van der Waals surface area (Å²) >= 11 is 0. The fourth-order valence-electron chi connectivity index (χ4n) is 2.68. The second kappa shape index (κ2) is 8.79. The fraction of sp³-hybridized carbons (Fsp3) is 0.0952. The number of nitrogens with one attached hydrogen (secondary N) is 1. The highest BCUT2D eigenvalue weighted by Crippen LogP contribution is 2.30. The van der Waals surface area contributed by atoms with Crippen LogP contribution >= 0.6 is 0 Å². The third-order valence-corrected chi connectivity index (χ3v) is 3.94. The monoisotopic (exact) mass is 375 g/mol. The van der Waals surface area contributed by atoms with E-state index in [1.165, 1.54) is 6.33 Å². The normalized spacial score (nSPS) is 10.9. The minimum atomic E-state index is -0.175. The number of allylic oxidation sites excluding steroid dienone is 3. The number of benzene rings is 1. The first-order chi connectivity index (χ1) is 13.6. The predicted molar refractivity (Wildman–Crippen MR) is 109 cm³/mol. The molecule has 0 atom stereocenters. The molecule has 3 rings (SSSR count). The van der Waals surface area contributed by atoms with Gasteiger partial charge in [0.1, 0.15) is 18.6 Å². The van der Waals surface area contributed by atoms with Crippen molar-refractivity contribution >= 4 is 16.8 Å². The van der Waals surface area contributed by atoms with Gasteiger partial charge >= 0.3 is 0 Å². The zero-order valence-electron chi connectivity index (χ0n) is 15.3. The van der Waals surface area contributed by atoms with Crippen LogP contribution in [0.2, 0.25) is 0 Å². The number of ether oxygens (including phenoxy) is 1. The van der Waals surface area contributed by atoms with Crippen molar-refractivity contribution in [3.05, 3.63) is 85.6 Å². The maximum absolute atomic E-state index is 12.3. The first kappa shape index (κ1) is 19.1. The lowest BCUT2D eigenvalue weighted by Crippen LogP contribution is -2.25. The van der Waals surface area contributed by atoms with Crippen molar-refractivity contribution in [3.63, 3.8) is 0 Å². The first-order valence-electron chi connectivity index (χ1n) is 8.65. The Balaban J connectivity index is 1.79. The van der Waals surface area contributed by atoms with Crippen LogP contribution in [0.1, 0.15) is 5.69 Å². The van der Waals surface area contributed by atoms with Crippen molar-refractivity contribution in [2.75, 3.05) is 0 Å². The van der Waals surface area contributed by atoms with Crippen molar-refractivity contribution < 1.29 is 9.53 Å². The number of nitrogens with zero attached hydrogens (tertiary/aromatic N) is 3. The van der Waals surface area contributed by atoms with Crippen molar-refractivity contribution in [2.45, 2.75) is 13.1 Å². The van der Waals surface area contributed by atoms with E-state index in [4.69, 9.17) is 10.5 Å². The molecule has 0 bridgehead atoms. The van der Waals surface area contributed by atoms with Crippen LogP contribution in [0, 0.1) is 0 Å². The summed E-state index contributed by atoms with van der Waals surface area (Å²) < 4.78 is 7.75. The van der Waals surface area contributed by atoms with E-state index in [9.17, 15) is 4.79 Å². The van der Waals surface area contributed by atoms with Crippen molar-refractivity contribution in [1.29, 1.82) is 0 Å². The molecule has 28 heavy (non-hydrogen) atoms. The van der Waals surface area contributed by atoms with Crippen LogP contribution in [0.25, 0.3) is 10.9 Å². The summed E-state index contributed by atoms with van der Waals surface area (Å²) in [5.41, 5.74) is 7.68. The molecule has 142 valence electrons. The number of amides is 1. The van der Waals surface area contributed by atoms with Gasteiger partial charge in [-0.2, -0.15) is 0 Å². The Morgan fingerprint density at radius 2 is 2.18 bits per heavy atom. The van der Waals surface area contributed by atoms with E-state index in [1.54, 1.807) is 24.3 Å². The number of hydrogen-bond donors (Lipinski definition) is 2. The third-order valence-electron chi connectivity index (χ3n) is 3.94. The van der Waals surface area contributed by atoms with E-state index in [0.29, 0.717) is 29.6 Å². The van der Waals surface area contributed by atoms with Gasteiger partial charge in [-0.15, -0.1) is 0 Å². The van der Waals surface area contributed by atoms with E-state index in [0.717, 1.165) is 10.9 Å². The van der Waals surface area contributed by atoms with Crippen LogP contribution in [-0.4, -0.2) is 20.4 Å². The largest absolute Gasteiger partial charge is 0.438 e. The molecule has 0 radical (unpaired) electrons. The lowest BCUT2D eigenvalue weighted by molar-refractivity contribution is -0.120. The second-order valence-electron chi connectivity index (χ2n) is 5.95. The first-order valence-corrected chi connectivity index (χ1v) is 8.65. The van der Waals surface area contributed by atoms with Crippen LogP contribution in [0.3, 0.4) is 0 Å². The number of hydrogen-bond acceptors (Lipinski definition) is 5. The predicted octanol–water partition coefficient (Wildman–Crippen LogP) is 3.05. The summed E-state index contributed by atoms with van der Waals surface area (Å²) in [6, 6.07) is 9.23. The summed E-state index contributed by atoms with van der Waals surface area (Å²) in [6.45, 7) is 7.82. The van der Waals surface area contributed by atoms with Gasteiger partial charge in [-0.25, -0.2) is 9.97 Å². The lowest BCUT2D eigenvalue weighted by atomic mass is 10.2. The van der Waals surface area contributed by atoms with Crippen LogP contribution in [-0.2, 0) is 17.9 Å². The molecule has 7 nitrogen and oxygen atoms in total. The molecule has 0 aliphatic rings. The maximum atomic E-state index is 12.3. The van der Waals surface area contributed by atoms with Gasteiger partial charge in [0.2, 0.25) is 11.8 Å². The summed E-state index contributed by atoms with van der Waals surface area (Å²) in [5, 5.41) is 3.61. The number of nitrogens with two attached hydrogens (primary N) is 1. The van der Waals surface area contributed by atoms with Crippen molar-refractivity contribution in [3.8, 4) is 11.6 Å². The standard InChI is InChI=1S/C21H21N5O2/c1-3-4-6-15(2)25-20(27)13-26-10-9-17-18(26)7-5-8-19(17)28-21-11-16(12-22)23-14-24-21/h3-11,14H,1-2,12-13,22H2,(H,25,27)/b6-4-. The summed E-state index contributed by atoms with van der Waals surface area (Å²) in [7, 11) is 0. The smallest absolute Gasteiger partial charge is 0.244 e. The molecular formula is C21H21N5O2. The molecule has 0 fully saturated rings. The number of carbonyl (C=O) groups is 1. The van der Waals surface area contributed by atoms with Crippen LogP contribution in [0.4, 0.5) is 0 Å². The molecule has 0 aliphatic carbocycles. The van der Waals surface area contributed by atoms with E-state index in [1.807, 2.05) is 35.0 Å². The maximum Gasteiger partial charge on any atom is 0.244 e. The van der Waals surface area contributed by atoms with Gasteiger partial charge in [0.05, 0.1) is 11.2 Å². The quantitative estimate of drug-likeness (QED) is 0.590. The average Bonchev–Trinajstić information content (AvgIpc) is 3.10. The molecule has 2 aromatic heterocycles. The Hall–Kier alpha value is -3.71. The molecule has 1 aromatic carbocycles. The Kier molecular flexibility index (Phi) is 5.98. The highest BCUT2D eigenvalue weighted by Gasteiger charge is 2.11. The SMILES string of the molecule is C=C/C=C\C(=C)NC(=O)Cn1ccc2c(Oc3cc(CN)ncn3)cccc21. The van der Waals surface area contributed by atoms with Gasteiger partial charge in [-0.3, -0.25) is 4.79 Å². The zero-order valence-corrected chi connectivity index (χ0v) is 15.3. The van der Waals surface area contributed by atoms with Crippen molar-refractivity contribution in [1.82, 2.24) is 19.9 Å². The number of fused-ring (bicyclic) bond motifs is 1. The molecule has 1 amide bonds. The number of aromatic nitrogens is 3. The van der Waals surface area contributed by atoms with Crippen LogP contribution in [0.15, 0.2) is 79.9 Å². The second-order valence-corrected chi connectivity index (χ2v) is 5.95. The topological polar surface area (TPSA) is 95.1 Å². The van der Waals surface area contributed by atoms with Crippen molar-refractivity contribution in [2.24, 2.45) is 5.73 Å². The number of carbonyl (C=O) groups excluding carboxylic acids is 1. The van der Waals surface area contributed by atoms with Gasteiger partial charge in [0.25, 0.3) is 0 Å². The fourth-order valence-corrected chi connectivity index (χ4v) is 2.68. The Labute approximate surface area is 162 Å². The lowest BCUT2D eigenvalue weighted by Gasteiger charge is -2.09. The van der Waals surface area contributed by atoms with E-state index < -0.39 is 0 Å². The third kappa shape index (κ3) is 4.52. The van der Waals surface area contributed by atoms with Gasteiger partial charge in [-0.1, -0.05) is 31.4 Å². The summed E-state index contributed by atoms with van der Waals surface area (Å²) in [5.74, 6) is 0.876. The molecule has 0 spiro atoms. The molecule has 0 aliphatic heterocycles. The molecule has 2 heterocycles. The minimum absolute atomic E-state index is 0.152. The van der Waals surface area contributed by atoms with Gasteiger partial charge in [0, 0.05) is 29.9 Å². The summed E-state index contributed by atoms with van der Waals surface area (Å²) in [4.78, 5) is 20.4. The van der Waals surface area contributed by atoms with Crippen LogP contribution in [0.5, 0.6) is 11.6 Å². The Bertz CT molecular complexity index is 1050. The zero-order chi connectivity index (χ0) is 19.9. The highest BCUT2D eigenvalue weighted by atomic mass is 16.5. The molecule has 0 saturated carbocycles. The Morgan fingerprint density at radius 3 is 2.96 bits per heavy atom. The van der Waals surface area contributed by atoms with Gasteiger partial charge in [-0.05, 0) is 24.3 Å². The molecule has 3 N–H and O–H groups in total. The number of rotatable bonds is 8. The van der Waals surface area contributed by atoms with E-state index >= 15 is 0 Å².